The van der Waals surface area contributed by atoms with Crippen molar-refractivity contribution in [3.05, 3.63) is 0 Å². The van der Waals surface area contributed by atoms with Gasteiger partial charge in [-0.05, 0) is 39.0 Å². The third-order valence-electron chi connectivity index (χ3n) is 4.95. The number of rotatable bonds is 5. The zero-order chi connectivity index (χ0) is 17.4. The van der Waals surface area contributed by atoms with Crippen LogP contribution in [0.4, 0.5) is 10.7 Å². The van der Waals surface area contributed by atoms with Gasteiger partial charge in [-0.2, -0.15) is 0 Å². The highest BCUT2D eigenvalue weighted by Crippen LogP contribution is 2.42. The normalized spacial score (nSPS) is 22.2. The van der Waals surface area contributed by atoms with Gasteiger partial charge >= 0.3 is 6.03 Å². The number of nitrogens with one attached hydrogen (secondary N) is 1. The third kappa shape index (κ3) is 3.33. The zero-order valence-electron chi connectivity index (χ0n) is 14.5. The number of nitrogens with zero attached hydrogens (tertiary/aromatic N) is 5. The van der Waals surface area contributed by atoms with E-state index in [0.717, 1.165) is 37.0 Å². The molecule has 1 atom stereocenters. The molecule has 0 aromatic carbocycles. The molecule has 3 heterocycles. The molecule has 3 fully saturated rings. The molecule has 0 radical (unpaired) electrons. The molecule has 0 bridgehead atoms. The lowest BCUT2D eigenvalue weighted by molar-refractivity contribution is -0.126. The molecule has 0 spiro atoms. The summed E-state index contributed by atoms with van der Waals surface area (Å²) in [6, 6.07) is 0.155. The van der Waals surface area contributed by atoms with Crippen LogP contribution in [0.15, 0.2) is 5.16 Å². The second kappa shape index (κ2) is 6.86. The predicted molar refractivity (Wildman–Crippen MR) is 94.8 cm³/mol. The predicted octanol–water partition coefficient (Wildman–Crippen LogP) is 1.64. The average molecular weight is 364 g/mol. The highest BCUT2D eigenvalue weighted by atomic mass is 32.2. The number of thioether (sulfide) groups is 1. The van der Waals surface area contributed by atoms with Gasteiger partial charge in [-0.1, -0.05) is 11.8 Å². The van der Waals surface area contributed by atoms with Crippen molar-refractivity contribution in [2.24, 2.45) is 0 Å². The van der Waals surface area contributed by atoms with Crippen molar-refractivity contribution in [2.45, 2.75) is 55.5 Å². The summed E-state index contributed by atoms with van der Waals surface area (Å²) in [5.74, 6) is 0.785. The molecule has 1 aliphatic carbocycles. The molecule has 25 heavy (non-hydrogen) atoms. The molecule has 1 aromatic rings. The molecule has 8 nitrogen and oxygen atoms in total. The summed E-state index contributed by atoms with van der Waals surface area (Å²) >= 11 is 1.41. The molecule has 3 amide bonds. The number of anilines is 1. The van der Waals surface area contributed by atoms with Crippen molar-refractivity contribution in [1.29, 1.82) is 0 Å². The Bertz CT molecular complexity index is 668. The number of amides is 3. The van der Waals surface area contributed by atoms with Crippen LogP contribution in [0.3, 0.4) is 0 Å². The van der Waals surface area contributed by atoms with E-state index in [-0.39, 0.29) is 17.2 Å². The molecule has 1 N–H and O–H groups in total. The summed E-state index contributed by atoms with van der Waals surface area (Å²) in [5.41, 5.74) is 0. The van der Waals surface area contributed by atoms with Crippen LogP contribution < -0.4 is 10.2 Å². The number of carbonyl (C=O) groups excluding carboxylic acids is 2. The largest absolute Gasteiger partial charge is 0.341 e. The van der Waals surface area contributed by atoms with Gasteiger partial charge in [0.15, 0.2) is 5.16 Å². The molecule has 1 saturated carbocycles. The number of urea groups is 1. The van der Waals surface area contributed by atoms with Gasteiger partial charge in [0.05, 0.1) is 5.25 Å². The van der Waals surface area contributed by atoms with Crippen LogP contribution in [0.2, 0.25) is 0 Å². The number of hydrogen-bond acceptors (Lipinski definition) is 6. The van der Waals surface area contributed by atoms with E-state index in [0.29, 0.717) is 19.1 Å². The van der Waals surface area contributed by atoms with Gasteiger partial charge in [0, 0.05) is 32.2 Å². The van der Waals surface area contributed by atoms with E-state index in [2.05, 4.69) is 25.0 Å². The van der Waals surface area contributed by atoms with Gasteiger partial charge in [0.1, 0.15) is 0 Å². The first kappa shape index (κ1) is 16.7. The molecule has 4 rings (SSSR count). The summed E-state index contributed by atoms with van der Waals surface area (Å²) in [4.78, 5) is 27.9. The Labute approximate surface area is 151 Å². The summed E-state index contributed by atoms with van der Waals surface area (Å²) in [6.07, 6.45) is 5.95. The van der Waals surface area contributed by atoms with E-state index < -0.39 is 0 Å². The summed E-state index contributed by atoms with van der Waals surface area (Å²) < 4.78 is 2.21. The van der Waals surface area contributed by atoms with Gasteiger partial charge in [-0.25, -0.2) is 4.79 Å². The van der Waals surface area contributed by atoms with Gasteiger partial charge in [0.2, 0.25) is 11.9 Å². The lowest BCUT2D eigenvalue weighted by Gasteiger charge is -2.28. The molecule has 2 saturated heterocycles. The topological polar surface area (TPSA) is 83.4 Å². The zero-order valence-corrected chi connectivity index (χ0v) is 15.3. The number of imide groups is 1. The van der Waals surface area contributed by atoms with Crippen molar-refractivity contribution < 1.29 is 9.59 Å². The lowest BCUT2D eigenvalue weighted by atomic mass is 10.1. The van der Waals surface area contributed by atoms with Crippen LogP contribution in [0.25, 0.3) is 0 Å². The molecule has 2 aliphatic heterocycles. The SMILES string of the molecule is CC(Sc1nnc(N2CCCCC2)n1C1CC1)C(=O)N1CCNC1=O. The maximum absolute atomic E-state index is 12.5. The second-order valence-corrected chi connectivity index (χ2v) is 8.22. The first-order valence-electron chi connectivity index (χ1n) is 9.11. The number of hydrogen-bond donors (Lipinski definition) is 1. The van der Waals surface area contributed by atoms with Gasteiger partial charge in [0.25, 0.3) is 0 Å². The Hall–Kier alpha value is -1.77. The molecular formula is C16H24N6O2S. The van der Waals surface area contributed by atoms with Crippen molar-refractivity contribution >= 4 is 29.6 Å². The maximum Gasteiger partial charge on any atom is 0.324 e. The minimum atomic E-state index is -0.361. The van der Waals surface area contributed by atoms with E-state index >= 15 is 0 Å². The van der Waals surface area contributed by atoms with Crippen LogP contribution in [0, 0.1) is 0 Å². The van der Waals surface area contributed by atoms with Crippen LogP contribution in [-0.4, -0.2) is 63.0 Å². The van der Waals surface area contributed by atoms with Gasteiger partial charge in [-0.15, -0.1) is 10.2 Å². The molecule has 9 heteroatoms. The van der Waals surface area contributed by atoms with Crippen LogP contribution in [0.1, 0.15) is 45.1 Å². The minimum Gasteiger partial charge on any atom is -0.341 e. The average Bonchev–Trinajstić information content (AvgIpc) is 3.24. The Kier molecular flexibility index (Phi) is 4.58. The van der Waals surface area contributed by atoms with E-state index in [4.69, 9.17) is 0 Å². The molecule has 1 unspecified atom stereocenters. The molecule has 136 valence electrons. The van der Waals surface area contributed by atoms with Crippen LogP contribution >= 0.6 is 11.8 Å². The summed E-state index contributed by atoms with van der Waals surface area (Å²) in [6.45, 7) is 4.86. The minimum absolute atomic E-state index is 0.162. The third-order valence-corrected chi connectivity index (χ3v) is 5.99. The fraction of sp³-hybridized carbons (Fsp3) is 0.750. The molecule has 1 aromatic heterocycles. The standard InChI is InChI=1S/C16H24N6O2S/c1-11(13(23)21-10-7-17-15(21)24)25-16-19-18-14(22(16)12-5-6-12)20-8-3-2-4-9-20/h11-12H,2-10H2,1H3,(H,17,24). The monoisotopic (exact) mass is 364 g/mol. The van der Waals surface area contributed by atoms with E-state index in [1.165, 1.54) is 35.9 Å². The highest BCUT2D eigenvalue weighted by molar-refractivity contribution is 8.00. The van der Waals surface area contributed by atoms with Crippen molar-refractivity contribution in [2.75, 3.05) is 31.1 Å². The maximum atomic E-state index is 12.5. The fourth-order valence-electron chi connectivity index (χ4n) is 3.42. The van der Waals surface area contributed by atoms with Crippen LogP contribution in [0.5, 0.6) is 0 Å². The Morgan fingerprint density at radius 3 is 2.60 bits per heavy atom. The van der Waals surface area contributed by atoms with Crippen molar-refractivity contribution in [3.8, 4) is 0 Å². The fourth-order valence-corrected chi connectivity index (χ4v) is 4.40. The number of aromatic nitrogens is 3. The first-order chi connectivity index (χ1) is 12.1. The molecule has 3 aliphatic rings. The number of carbonyl (C=O) groups is 2. The van der Waals surface area contributed by atoms with E-state index in [1.54, 1.807) is 0 Å². The summed E-state index contributed by atoms with van der Waals surface area (Å²) in [7, 11) is 0. The van der Waals surface area contributed by atoms with E-state index in [9.17, 15) is 9.59 Å². The van der Waals surface area contributed by atoms with Crippen molar-refractivity contribution in [1.82, 2.24) is 25.0 Å². The quantitative estimate of drug-likeness (QED) is 0.800. The van der Waals surface area contributed by atoms with E-state index in [1.807, 2.05) is 6.92 Å². The van der Waals surface area contributed by atoms with Crippen molar-refractivity contribution in [3.63, 3.8) is 0 Å². The lowest BCUT2D eigenvalue weighted by Crippen LogP contribution is -2.39. The Morgan fingerprint density at radius 1 is 1.20 bits per heavy atom. The number of piperidine rings is 1. The first-order valence-corrected chi connectivity index (χ1v) is 9.99. The van der Waals surface area contributed by atoms with Gasteiger partial charge in [-0.3, -0.25) is 14.3 Å². The smallest absolute Gasteiger partial charge is 0.324 e. The Morgan fingerprint density at radius 2 is 1.96 bits per heavy atom. The van der Waals surface area contributed by atoms with Gasteiger partial charge < -0.3 is 10.2 Å². The second-order valence-electron chi connectivity index (χ2n) is 6.91. The summed E-state index contributed by atoms with van der Waals surface area (Å²) in [5, 5.41) is 11.9. The molecular weight excluding hydrogens is 340 g/mol. The Balaban J connectivity index is 1.51. The highest BCUT2D eigenvalue weighted by Gasteiger charge is 2.35. The van der Waals surface area contributed by atoms with Crippen LogP contribution in [-0.2, 0) is 4.79 Å².